The van der Waals surface area contributed by atoms with Crippen LogP contribution in [0.3, 0.4) is 0 Å². The normalized spacial score (nSPS) is 20.7. The van der Waals surface area contributed by atoms with Gasteiger partial charge in [-0.25, -0.2) is 8.78 Å². The van der Waals surface area contributed by atoms with Gasteiger partial charge in [-0.15, -0.1) is 0 Å². The summed E-state index contributed by atoms with van der Waals surface area (Å²) in [7, 11) is 0. The van der Waals surface area contributed by atoms with Gasteiger partial charge in [0.05, 0.1) is 0 Å². The van der Waals surface area contributed by atoms with E-state index in [0.29, 0.717) is 19.4 Å². The van der Waals surface area contributed by atoms with Crippen molar-refractivity contribution in [3.63, 3.8) is 0 Å². The van der Waals surface area contributed by atoms with Crippen LogP contribution in [-0.4, -0.2) is 23.7 Å². The van der Waals surface area contributed by atoms with Gasteiger partial charge in [0.1, 0.15) is 0 Å². The number of hydrogen-bond acceptors (Lipinski definition) is 1. The van der Waals surface area contributed by atoms with E-state index in [1.165, 1.54) is 0 Å². The Kier molecular flexibility index (Phi) is 5.56. The van der Waals surface area contributed by atoms with Gasteiger partial charge >= 0.3 is 0 Å². The van der Waals surface area contributed by atoms with E-state index in [9.17, 15) is 13.6 Å². The molecule has 106 valence electrons. The van der Waals surface area contributed by atoms with Crippen LogP contribution in [0.4, 0.5) is 8.78 Å². The molecule has 0 radical (unpaired) electrons. The SMILES string of the molecule is CC(C)(CCBr)CNC(=O)C1CCC(F)(F)CC1. The smallest absolute Gasteiger partial charge is 0.248 e. The number of rotatable bonds is 5. The van der Waals surface area contributed by atoms with Crippen molar-refractivity contribution in [3.05, 3.63) is 0 Å². The van der Waals surface area contributed by atoms with E-state index >= 15 is 0 Å². The van der Waals surface area contributed by atoms with E-state index in [1.807, 2.05) is 0 Å². The highest BCUT2D eigenvalue weighted by molar-refractivity contribution is 9.09. The first kappa shape index (κ1) is 15.9. The fourth-order valence-electron chi connectivity index (χ4n) is 2.12. The molecule has 1 rings (SSSR count). The summed E-state index contributed by atoms with van der Waals surface area (Å²) in [6, 6.07) is 0. The molecule has 1 saturated carbocycles. The molecule has 1 amide bonds. The van der Waals surface area contributed by atoms with Gasteiger partial charge in [0.2, 0.25) is 11.8 Å². The Morgan fingerprint density at radius 3 is 2.44 bits per heavy atom. The predicted molar refractivity (Wildman–Crippen MR) is 72.1 cm³/mol. The van der Waals surface area contributed by atoms with E-state index in [0.717, 1.165) is 11.8 Å². The Bertz CT molecular complexity index is 285. The van der Waals surface area contributed by atoms with E-state index in [4.69, 9.17) is 0 Å². The molecular weight excluding hydrogens is 304 g/mol. The van der Waals surface area contributed by atoms with Gasteiger partial charge in [0.25, 0.3) is 0 Å². The van der Waals surface area contributed by atoms with E-state index in [2.05, 4.69) is 35.1 Å². The van der Waals surface area contributed by atoms with Crippen LogP contribution in [0.1, 0.15) is 46.0 Å². The fourth-order valence-corrected chi connectivity index (χ4v) is 3.19. The van der Waals surface area contributed by atoms with Crippen molar-refractivity contribution in [1.29, 1.82) is 0 Å². The molecule has 1 aliphatic rings. The van der Waals surface area contributed by atoms with Crippen molar-refractivity contribution in [1.82, 2.24) is 5.32 Å². The van der Waals surface area contributed by atoms with Crippen molar-refractivity contribution in [2.24, 2.45) is 11.3 Å². The molecule has 0 aliphatic heterocycles. The standard InChI is InChI=1S/C13H22BrF2NO/c1-12(2,7-8-14)9-17-11(18)10-3-5-13(15,16)6-4-10/h10H,3-9H2,1-2H3,(H,17,18). The summed E-state index contributed by atoms with van der Waals surface area (Å²) in [6.45, 7) is 4.78. The van der Waals surface area contributed by atoms with Crippen LogP contribution in [0.15, 0.2) is 0 Å². The molecule has 0 aromatic rings. The summed E-state index contributed by atoms with van der Waals surface area (Å²) in [5.74, 6) is -2.86. The van der Waals surface area contributed by atoms with Crippen LogP contribution in [0.25, 0.3) is 0 Å². The monoisotopic (exact) mass is 325 g/mol. The van der Waals surface area contributed by atoms with E-state index in [-0.39, 0.29) is 30.1 Å². The molecule has 1 N–H and O–H groups in total. The lowest BCUT2D eigenvalue weighted by atomic mass is 9.85. The predicted octanol–water partition coefficient (Wildman–Crippen LogP) is 3.74. The van der Waals surface area contributed by atoms with Crippen molar-refractivity contribution < 1.29 is 13.6 Å². The summed E-state index contributed by atoms with van der Waals surface area (Å²) in [5.41, 5.74) is 0.0394. The van der Waals surface area contributed by atoms with Crippen molar-refractivity contribution >= 4 is 21.8 Å². The van der Waals surface area contributed by atoms with Gasteiger partial charge in [-0.2, -0.15) is 0 Å². The number of halogens is 3. The summed E-state index contributed by atoms with van der Waals surface area (Å²) in [4.78, 5) is 11.9. The average Bonchev–Trinajstić information content (AvgIpc) is 2.26. The van der Waals surface area contributed by atoms with E-state index in [1.54, 1.807) is 0 Å². The lowest BCUT2D eigenvalue weighted by Crippen LogP contribution is -2.40. The van der Waals surface area contributed by atoms with Crippen LogP contribution in [0.2, 0.25) is 0 Å². The minimum absolute atomic E-state index is 0.0394. The van der Waals surface area contributed by atoms with Crippen molar-refractivity contribution in [2.45, 2.75) is 51.9 Å². The zero-order valence-corrected chi connectivity index (χ0v) is 12.7. The van der Waals surface area contributed by atoms with Crippen LogP contribution in [-0.2, 0) is 4.79 Å². The van der Waals surface area contributed by atoms with Crippen LogP contribution in [0.5, 0.6) is 0 Å². The second kappa shape index (κ2) is 6.31. The highest BCUT2D eigenvalue weighted by atomic mass is 79.9. The summed E-state index contributed by atoms with van der Waals surface area (Å²) in [6.07, 6.45) is 1.26. The maximum absolute atomic E-state index is 13.0. The lowest BCUT2D eigenvalue weighted by molar-refractivity contribution is -0.129. The summed E-state index contributed by atoms with van der Waals surface area (Å²) < 4.78 is 26.0. The van der Waals surface area contributed by atoms with Gasteiger partial charge in [0, 0.05) is 30.6 Å². The Morgan fingerprint density at radius 2 is 1.94 bits per heavy atom. The van der Waals surface area contributed by atoms with Gasteiger partial charge < -0.3 is 5.32 Å². The molecular formula is C13H22BrF2NO. The van der Waals surface area contributed by atoms with Crippen LogP contribution >= 0.6 is 15.9 Å². The lowest BCUT2D eigenvalue weighted by Gasteiger charge is -2.29. The molecule has 0 spiro atoms. The van der Waals surface area contributed by atoms with E-state index < -0.39 is 5.92 Å². The zero-order valence-electron chi connectivity index (χ0n) is 11.1. The molecule has 5 heteroatoms. The molecule has 0 bridgehead atoms. The van der Waals surface area contributed by atoms with Gasteiger partial charge in [-0.05, 0) is 24.7 Å². The third-order valence-electron chi connectivity index (χ3n) is 3.60. The first-order valence-corrected chi connectivity index (χ1v) is 7.59. The minimum atomic E-state index is -2.56. The first-order chi connectivity index (χ1) is 8.26. The number of hydrogen-bond donors (Lipinski definition) is 1. The Hall–Kier alpha value is -0.190. The first-order valence-electron chi connectivity index (χ1n) is 6.47. The maximum atomic E-state index is 13.0. The highest BCUT2D eigenvalue weighted by Gasteiger charge is 2.37. The largest absolute Gasteiger partial charge is 0.355 e. The van der Waals surface area contributed by atoms with Crippen molar-refractivity contribution in [3.8, 4) is 0 Å². The number of carbonyl (C=O) groups excluding carboxylic acids is 1. The van der Waals surface area contributed by atoms with Gasteiger partial charge in [0.15, 0.2) is 0 Å². The molecule has 0 aromatic heterocycles. The Balaban J connectivity index is 2.34. The van der Waals surface area contributed by atoms with Gasteiger partial charge in [-0.1, -0.05) is 29.8 Å². The third-order valence-corrected chi connectivity index (χ3v) is 4.00. The molecule has 0 atom stereocenters. The molecule has 2 nitrogen and oxygen atoms in total. The van der Waals surface area contributed by atoms with Gasteiger partial charge in [-0.3, -0.25) is 4.79 Å². The number of alkyl halides is 3. The quantitative estimate of drug-likeness (QED) is 0.766. The minimum Gasteiger partial charge on any atom is -0.355 e. The number of amides is 1. The second-order valence-electron chi connectivity index (χ2n) is 5.95. The van der Waals surface area contributed by atoms with Crippen LogP contribution in [0, 0.1) is 11.3 Å². The fraction of sp³-hybridized carbons (Fsp3) is 0.923. The molecule has 0 saturated heterocycles. The topological polar surface area (TPSA) is 29.1 Å². The molecule has 0 unspecified atom stereocenters. The third kappa shape index (κ3) is 5.21. The zero-order chi connectivity index (χ0) is 13.8. The molecule has 18 heavy (non-hydrogen) atoms. The Labute approximate surface area is 116 Å². The average molecular weight is 326 g/mol. The Morgan fingerprint density at radius 1 is 1.39 bits per heavy atom. The molecule has 1 fully saturated rings. The van der Waals surface area contributed by atoms with Crippen molar-refractivity contribution in [2.75, 3.05) is 11.9 Å². The maximum Gasteiger partial charge on any atom is 0.248 e. The molecule has 0 aromatic carbocycles. The number of carbonyl (C=O) groups is 1. The second-order valence-corrected chi connectivity index (χ2v) is 6.74. The molecule has 0 heterocycles. The number of nitrogens with one attached hydrogen (secondary N) is 1. The molecule has 1 aliphatic carbocycles. The summed E-state index contributed by atoms with van der Waals surface area (Å²) >= 11 is 3.39. The highest BCUT2D eigenvalue weighted by Crippen LogP contribution is 2.36. The summed E-state index contributed by atoms with van der Waals surface area (Å²) in [5, 5.41) is 3.79. The van der Waals surface area contributed by atoms with Crippen LogP contribution < -0.4 is 5.32 Å².